The van der Waals surface area contributed by atoms with E-state index in [-0.39, 0.29) is 0 Å². The second kappa shape index (κ2) is 4.79. The highest BCUT2D eigenvalue weighted by Gasteiger charge is 2.33. The van der Waals surface area contributed by atoms with Gasteiger partial charge in [-0.1, -0.05) is 5.92 Å². The van der Waals surface area contributed by atoms with E-state index in [2.05, 4.69) is 16.7 Å². The van der Waals surface area contributed by atoms with Crippen molar-refractivity contribution in [2.24, 2.45) is 11.8 Å². The van der Waals surface area contributed by atoms with Gasteiger partial charge in [-0.2, -0.15) is 5.48 Å². The van der Waals surface area contributed by atoms with Gasteiger partial charge in [0.05, 0.1) is 0 Å². The summed E-state index contributed by atoms with van der Waals surface area (Å²) < 4.78 is 0. The van der Waals surface area contributed by atoms with Crippen LogP contribution >= 0.6 is 0 Å². The smallest absolute Gasteiger partial charge is 0.128 e. The zero-order chi connectivity index (χ0) is 9.80. The average Bonchev–Trinajstić information content (AvgIpc) is 2.65. The summed E-state index contributed by atoms with van der Waals surface area (Å²) in [5.41, 5.74) is 3.06. The fourth-order valence-electron chi connectivity index (χ4n) is 2.61. The van der Waals surface area contributed by atoms with Crippen LogP contribution in [-0.2, 0) is 4.84 Å². The van der Waals surface area contributed by atoms with Gasteiger partial charge in [0.15, 0.2) is 0 Å². The van der Waals surface area contributed by atoms with Crippen LogP contribution in [-0.4, -0.2) is 25.7 Å². The lowest BCUT2D eigenvalue weighted by molar-refractivity contribution is 0.0172. The number of terminal acetylenes is 1. The van der Waals surface area contributed by atoms with Crippen molar-refractivity contribution >= 4 is 0 Å². The van der Waals surface area contributed by atoms with Gasteiger partial charge in [0.2, 0.25) is 0 Å². The van der Waals surface area contributed by atoms with E-state index in [1.54, 1.807) is 0 Å². The molecule has 2 rings (SSSR count). The standard InChI is InChI=1S/C11H18N2O/c1-2-5-14-13-11-4-3-9-7-12-8-10(9)6-11/h1,9-13H,3-8H2. The van der Waals surface area contributed by atoms with Gasteiger partial charge in [-0.15, -0.1) is 6.42 Å². The van der Waals surface area contributed by atoms with E-state index in [0.717, 1.165) is 11.8 Å². The third kappa shape index (κ3) is 2.27. The lowest BCUT2D eigenvalue weighted by Crippen LogP contribution is -2.37. The van der Waals surface area contributed by atoms with Crippen LogP contribution in [0.2, 0.25) is 0 Å². The molecule has 1 aliphatic heterocycles. The van der Waals surface area contributed by atoms with Crippen molar-refractivity contribution in [1.82, 2.24) is 10.8 Å². The maximum absolute atomic E-state index is 5.16. The molecule has 0 radical (unpaired) electrons. The molecule has 2 N–H and O–H groups in total. The molecule has 0 amide bonds. The second-order valence-corrected chi connectivity index (χ2v) is 4.30. The van der Waals surface area contributed by atoms with Crippen molar-refractivity contribution in [3.63, 3.8) is 0 Å². The molecular weight excluding hydrogens is 176 g/mol. The van der Waals surface area contributed by atoms with Crippen LogP contribution in [0.25, 0.3) is 0 Å². The highest BCUT2D eigenvalue weighted by Crippen LogP contribution is 2.32. The molecule has 78 valence electrons. The van der Waals surface area contributed by atoms with Crippen molar-refractivity contribution in [1.29, 1.82) is 0 Å². The fourth-order valence-corrected chi connectivity index (χ4v) is 2.61. The van der Waals surface area contributed by atoms with Gasteiger partial charge in [0.1, 0.15) is 6.61 Å². The summed E-state index contributed by atoms with van der Waals surface area (Å²) in [6.45, 7) is 2.75. The van der Waals surface area contributed by atoms with E-state index >= 15 is 0 Å². The largest absolute Gasteiger partial charge is 0.316 e. The Bertz CT molecular complexity index is 224. The van der Waals surface area contributed by atoms with Crippen LogP contribution in [0, 0.1) is 24.2 Å². The summed E-state index contributed by atoms with van der Waals surface area (Å²) in [5.74, 6) is 4.20. The molecular formula is C11H18N2O. The molecule has 1 saturated heterocycles. The van der Waals surface area contributed by atoms with Gasteiger partial charge >= 0.3 is 0 Å². The molecule has 0 spiro atoms. The lowest BCUT2D eigenvalue weighted by Gasteiger charge is -2.30. The first-order valence-electron chi connectivity index (χ1n) is 5.41. The van der Waals surface area contributed by atoms with Gasteiger partial charge in [-0.25, -0.2) is 0 Å². The van der Waals surface area contributed by atoms with Crippen LogP contribution in [0.3, 0.4) is 0 Å². The van der Waals surface area contributed by atoms with Crippen LogP contribution in [0.15, 0.2) is 0 Å². The van der Waals surface area contributed by atoms with E-state index in [0.29, 0.717) is 12.6 Å². The average molecular weight is 194 g/mol. The summed E-state index contributed by atoms with van der Waals surface area (Å²) in [6.07, 6.45) is 8.86. The summed E-state index contributed by atoms with van der Waals surface area (Å²) in [6, 6.07) is 0.504. The number of nitrogens with one attached hydrogen (secondary N) is 2. The topological polar surface area (TPSA) is 33.3 Å². The van der Waals surface area contributed by atoms with Crippen molar-refractivity contribution < 1.29 is 4.84 Å². The first-order chi connectivity index (χ1) is 6.90. The zero-order valence-corrected chi connectivity index (χ0v) is 8.46. The molecule has 1 saturated carbocycles. The molecule has 2 fully saturated rings. The molecule has 0 bridgehead atoms. The summed E-state index contributed by atoms with van der Waals surface area (Å²) in [4.78, 5) is 5.16. The zero-order valence-electron chi connectivity index (χ0n) is 8.46. The van der Waals surface area contributed by atoms with E-state index in [4.69, 9.17) is 11.3 Å². The van der Waals surface area contributed by atoms with E-state index in [9.17, 15) is 0 Å². The Morgan fingerprint density at radius 3 is 3.07 bits per heavy atom. The molecule has 3 nitrogen and oxygen atoms in total. The number of rotatable bonds is 3. The maximum atomic E-state index is 5.16. The van der Waals surface area contributed by atoms with Gasteiger partial charge in [0, 0.05) is 6.04 Å². The van der Waals surface area contributed by atoms with Gasteiger partial charge in [0.25, 0.3) is 0 Å². The molecule has 1 heterocycles. The second-order valence-electron chi connectivity index (χ2n) is 4.30. The third-order valence-electron chi connectivity index (χ3n) is 3.36. The number of fused-ring (bicyclic) bond motifs is 1. The molecule has 3 atom stereocenters. The first-order valence-corrected chi connectivity index (χ1v) is 5.41. The molecule has 0 aromatic rings. The summed E-state index contributed by atoms with van der Waals surface area (Å²) in [7, 11) is 0. The predicted molar refractivity (Wildman–Crippen MR) is 55.4 cm³/mol. The predicted octanol–water partition coefficient (Wildman–Crippen LogP) is 0.529. The first kappa shape index (κ1) is 9.97. The van der Waals surface area contributed by atoms with E-state index in [1.807, 2.05) is 0 Å². The Kier molecular flexibility index (Phi) is 3.41. The Morgan fingerprint density at radius 2 is 2.21 bits per heavy atom. The van der Waals surface area contributed by atoms with Crippen LogP contribution < -0.4 is 10.8 Å². The van der Waals surface area contributed by atoms with Gasteiger partial charge in [-0.3, -0.25) is 4.84 Å². The lowest BCUT2D eigenvalue weighted by atomic mass is 9.79. The van der Waals surface area contributed by atoms with Crippen molar-refractivity contribution in [3.05, 3.63) is 0 Å². The molecule has 1 aliphatic carbocycles. The molecule has 2 aliphatic rings. The number of hydrogen-bond donors (Lipinski definition) is 2. The SMILES string of the molecule is C#CCONC1CCC2CNCC2C1. The minimum absolute atomic E-state index is 0.364. The minimum Gasteiger partial charge on any atom is -0.316 e. The quantitative estimate of drug-likeness (QED) is 0.390. The maximum Gasteiger partial charge on any atom is 0.128 e. The molecule has 0 aromatic heterocycles. The molecule has 0 aromatic carbocycles. The Labute approximate surface area is 85.5 Å². The van der Waals surface area contributed by atoms with Gasteiger partial charge < -0.3 is 5.32 Å². The molecule has 14 heavy (non-hydrogen) atoms. The van der Waals surface area contributed by atoms with E-state index in [1.165, 1.54) is 32.4 Å². The van der Waals surface area contributed by atoms with E-state index < -0.39 is 0 Å². The number of hydrogen-bond acceptors (Lipinski definition) is 3. The monoisotopic (exact) mass is 194 g/mol. The van der Waals surface area contributed by atoms with Crippen molar-refractivity contribution in [3.8, 4) is 12.3 Å². The van der Waals surface area contributed by atoms with Crippen LogP contribution in [0.4, 0.5) is 0 Å². The molecule has 3 heteroatoms. The third-order valence-corrected chi connectivity index (χ3v) is 3.36. The van der Waals surface area contributed by atoms with Crippen molar-refractivity contribution in [2.45, 2.75) is 25.3 Å². The fraction of sp³-hybridized carbons (Fsp3) is 0.818. The highest BCUT2D eigenvalue weighted by atomic mass is 16.6. The highest BCUT2D eigenvalue weighted by molar-refractivity contribution is 4.89. The van der Waals surface area contributed by atoms with Crippen LogP contribution in [0.5, 0.6) is 0 Å². The Balaban J connectivity index is 1.72. The Morgan fingerprint density at radius 1 is 1.36 bits per heavy atom. The Hall–Kier alpha value is -0.560. The molecule has 3 unspecified atom stereocenters. The summed E-state index contributed by atoms with van der Waals surface area (Å²) >= 11 is 0. The normalized spacial score (nSPS) is 36.4. The number of hydroxylamine groups is 1. The minimum atomic E-state index is 0.364. The van der Waals surface area contributed by atoms with Gasteiger partial charge in [-0.05, 0) is 44.2 Å². The van der Waals surface area contributed by atoms with Crippen molar-refractivity contribution in [2.75, 3.05) is 19.7 Å². The van der Waals surface area contributed by atoms with Crippen LogP contribution in [0.1, 0.15) is 19.3 Å². The summed E-state index contributed by atoms with van der Waals surface area (Å²) in [5, 5.41) is 3.45.